The summed E-state index contributed by atoms with van der Waals surface area (Å²) in [5.41, 5.74) is 3.47. The van der Waals surface area contributed by atoms with Gasteiger partial charge in [-0.15, -0.1) is 0 Å². The van der Waals surface area contributed by atoms with Crippen LogP contribution in [0, 0.1) is 0 Å². The molecule has 0 saturated carbocycles. The molecular formula is C20H27N5O. The van der Waals surface area contributed by atoms with Crippen LogP contribution in [0.15, 0.2) is 53.7 Å². The third kappa shape index (κ3) is 5.20. The standard InChI is InChI=1S/C20H27N5O/c1-2-21-20(24-16-18-8-5-6-10-22-18)23-15-17-7-3-4-9-19(17)25-11-13-26-14-12-25/h3-10H,2,11-16H2,1H3,(H2,21,23,24). The third-order valence-electron chi connectivity index (χ3n) is 4.26. The quantitative estimate of drug-likeness (QED) is 0.616. The second-order valence-electron chi connectivity index (χ2n) is 6.10. The molecule has 2 N–H and O–H groups in total. The van der Waals surface area contributed by atoms with Crippen LogP contribution in [0.2, 0.25) is 0 Å². The Morgan fingerprint density at radius 2 is 1.92 bits per heavy atom. The van der Waals surface area contributed by atoms with E-state index >= 15 is 0 Å². The smallest absolute Gasteiger partial charge is 0.191 e. The zero-order valence-corrected chi connectivity index (χ0v) is 15.3. The first-order valence-electron chi connectivity index (χ1n) is 9.19. The number of guanidine groups is 1. The van der Waals surface area contributed by atoms with Crippen molar-refractivity contribution in [3.63, 3.8) is 0 Å². The second kappa shape index (κ2) is 9.77. The highest BCUT2D eigenvalue weighted by Gasteiger charge is 2.14. The van der Waals surface area contributed by atoms with E-state index in [9.17, 15) is 0 Å². The number of hydrogen-bond donors (Lipinski definition) is 2. The largest absolute Gasteiger partial charge is 0.378 e. The number of aromatic nitrogens is 1. The van der Waals surface area contributed by atoms with Gasteiger partial charge in [-0.05, 0) is 30.7 Å². The lowest BCUT2D eigenvalue weighted by atomic mass is 10.1. The number of nitrogens with one attached hydrogen (secondary N) is 2. The van der Waals surface area contributed by atoms with Crippen molar-refractivity contribution < 1.29 is 4.74 Å². The normalized spacial score (nSPS) is 15.0. The Morgan fingerprint density at radius 1 is 1.12 bits per heavy atom. The Bertz CT molecular complexity index is 698. The van der Waals surface area contributed by atoms with Gasteiger partial charge >= 0.3 is 0 Å². The van der Waals surface area contributed by atoms with E-state index in [2.05, 4.69) is 51.7 Å². The van der Waals surface area contributed by atoms with E-state index in [-0.39, 0.29) is 0 Å². The molecule has 1 aromatic carbocycles. The second-order valence-corrected chi connectivity index (χ2v) is 6.10. The number of hydrogen-bond acceptors (Lipinski definition) is 4. The first kappa shape index (κ1) is 18.2. The van der Waals surface area contributed by atoms with Crippen molar-refractivity contribution in [1.82, 2.24) is 15.6 Å². The topological polar surface area (TPSA) is 61.8 Å². The van der Waals surface area contributed by atoms with E-state index in [0.29, 0.717) is 13.1 Å². The minimum atomic E-state index is 0.630. The molecule has 2 aromatic rings. The molecule has 1 aliphatic heterocycles. The van der Waals surface area contributed by atoms with Crippen LogP contribution in [-0.4, -0.2) is 43.8 Å². The average Bonchev–Trinajstić information content (AvgIpc) is 2.72. The van der Waals surface area contributed by atoms with Crippen LogP contribution in [-0.2, 0) is 17.8 Å². The van der Waals surface area contributed by atoms with E-state index in [4.69, 9.17) is 9.73 Å². The van der Waals surface area contributed by atoms with Crippen LogP contribution < -0.4 is 15.5 Å². The monoisotopic (exact) mass is 353 g/mol. The summed E-state index contributed by atoms with van der Waals surface area (Å²) in [6.07, 6.45) is 1.81. The summed E-state index contributed by atoms with van der Waals surface area (Å²) in [6, 6.07) is 14.4. The number of ether oxygens (including phenoxy) is 1. The van der Waals surface area contributed by atoms with Gasteiger partial charge in [-0.25, -0.2) is 4.99 Å². The molecule has 1 fully saturated rings. The van der Waals surface area contributed by atoms with Gasteiger partial charge in [0.25, 0.3) is 0 Å². The van der Waals surface area contributed by atoms with Crippen LogP contribution in [0.25, 0.3) is 0 Å². The zero-order valence-electron chi connectivity index (χ0n) is 15.3. The van der Waals surface area contributed by atoms with Crippen LogP contribution in [0.3, 0.4) is 0 Å². The average molecular weight is 353 g/mol. The van der Waals surface area contributed by atoms with E-state index in [0.717, 1.165) is 44.5 Å². The molecule has 0 amide bonds. The summed E-state index contributed by atoms with van der Waals surface area (Å²) < 4.78 is 5.47. The van der Waals surface area contributed by atoms with Crippen molar-refractivity contribution in [2.24, 2.45) is 4.99 Å². The molecule has 0 spiro atoms. The van der Waals surface area contributed by atoms with E-state index in [1.165, 1.54) is 11.3 Å². The molecule has 0 bridgehead atoms. The van der Waals surface area contributed by atoms with Gasteiger partial charge < -0.3 is 20.3 Å². The molecule has 0 aliphatic carbocycles. The van der Waals surface area contributed by atoms with Gasteiger partial charge in [0.2, 0.25) is 0 Å². The van der Waals surface area contributed by atoms with Gasteiger partial charge in [0.1, 0.15) is 0 Å². The Labute approximate surface area is 155 Å². The fourth-order valence-corrected chi connectivity index (χ4v) is 2.94. The fraction of sp³-hybridized carbons (Fsp3) is 0.400. The van der Waals surface area contributed by atoms with Crippen molar-refractivity contribution in [1.29, 1.82) is 0 Å². The highest BCUT2D eigenvalue weighted by atomic mass is 16.5. The Morgan fingerprint density at radius 3 is 2.69 bits per heavy atom. The Hall–Kier alpha value is -2.60. The lowest BCUT2D eigenvalue weighted by Crippen LogP contribution is -2.37. The zero-order chi connectivity index (χ0) is 18.0. The van der Waals surface area contributed by atoms with Gasteiger partial charge in [-0.3, -0.25) is 4.98 Å². The number of morpholine rings is 1. The van der Waals surface area contributed by atoms with Gasteiger partial charge in [-0.1, -0.05) is 24.3 Å². The van der Waals surface area contributed by atoms with Gasteiger partial charge in [0.05, 0.1) is 32.0 Å². The van der Waals surface area contributed by atoms with Crippen LogP contribution in [0.1, 0.15) is 18.2 Å². The highest BCUT2D eigenvalue weighted by molar-refractivity contribution is 5.79. The number of rotatable bonds is 6. The molecule has 0 radical (unpaired) electrons. The number of anilines is 1. The van der Waals surface area contributed by atoms with Gasteiger partial charge in [0.15, 0.2) is 5.96 Å². The molecule has 1 saturated heterocycles. The van der Waals surface area contributed by atoms with Gasteiger partial charge in [0, 0.05) is 31.5 Å². The molecule has 0 unspecified atom stereocenters. The number of nitrogens with zero attached hydrogens (tertiary/aromatic N) is 3. The lowest BCUT2D eigenvalue weighted by Gasteiger charge is -2.30. The Balaban J connectivity index is 1.67. The van der Waals surface area contributed by atoms with E-state index < -0.39 is 0 Å². The van der Waals surface area contributed by atoms with Crippen LogP contribution in [0.4, 0.5) is 5.69 Å². The van der Waals surface area contributed by atoms with E-state index in [1.54, 1.807) is 6.20 Å². The van der Waals surface area contributed by atoms with Crippen molar-refractivity contribution in [2.75, 3.05) is 37.7 Å². The summed E-state index contributed by atoms with van der Waals surface area (Å²) in [4.78, 5) is 11.5. The Kier molecular flexibility index (Phi) is 6.84. The molecule has 1 aliphatic rings. The van der Waals surface area contributed by atoms with E-state index in [1.807, 2.05) is 18.2 Å². The first-order chi connectivity index (χ1) is 12.9. The van der Waals surface area contributed by atoms with Crippen molar-refractivity contribution in [3.8, 4) is 0 Å². The summed E-state index contributed by atoms with van der Waals surface area (Å²) in [5.74, 6) is 0.801. The van der Waals surface area contributed by atoms with Crippen LogP contribution >= 0.6 is 0 Å². The van der Waals surface area contributed by atoms with Crippen molar-refractivity contribution in [2.45, 2.75) is 20.0 Å². The molecule has 26 heavy (non-hydrogen) atoms. The molecule has 6 heteroatoms. The maximum atomic E-state index is 5.47. The van der Waals surface area contributed by atoms with Crippen molar-refractivity contribution >= 4 is 11.6 Å². The SMILES string of the molecule is CCNC(=NCc1ccccc1N1CCOCC1)NCc1ccccn1. The summed E-state index contributed by atoms with van der Waals surface area (Å²) in [6.45, 7) is 7.59. The fourth-order valence-electron chi connectivity index (χ4n) is 2.94. The molecule has 1 aromatic heterocycles. The summed E-state index contributed by atoms with van der Waals surface area (Å²) in [5, 5.41) is 6.65. The maximum Gasteiger partial charge on any atom is 0.191 e. The molecule has 2 heterocycles. The molecule has 3 rings (SSSR count). The number of pyridine rings is 1. The first-order valence-corrected chi connectivity index (χ1v) is 9.19. The molecule has 0 atom stereocenters. The number of para-hydroxylation sites is 1. The predicted molar refractivity (Wildman–Crippen MR) is 105 cm³/mol. The third-order valence-corrected chi connectivity index (χ3v) is 4.26. The van der Waals surface area contributed by atoms with Gasteiger partial charge in [-0.2, -0.15) is 0 Å². The number of aliphatic imine (C=N–C) groups is 1. The summed E-state index contributed by atoms with van der Waals surface area (Å²) in [7, 11) is 0. The predicted octanol–water partition coefficient (Wildman–Crippen LogP) is 2.17. The summed E-state index contributed by atoms with van der Waals surface area (Å²) >= 11 is 0. The minimum absolute atomic E-state index is 0.630. The van der Waals surface area contributed by atoms with Crippen molar-refractivity contribution in [3.05, 3.63) is 59.9 Å². The highest BCUT2D eigenvalue weighted by Crippen LogP contribution is 2.22. The molecule has 138 valence electrons. The van der Waals surface area contributed by atoms with Crippen LogP contribution in [0.5, 0.6) is 0 Å². The minimum Gasteiger partial charge on any atom is -0.378 e. The lowest BCUT2D eigenvalue weighted by molar-refractivity contribution is 0.122. The molecular weight excluding hydrogens is 326 g/mol. The molecule has 6 nitrogen and oxygen atoms in total. The maximum absolute atomic E-state index is 5.47. The number of benzene rings is 1.